The molecule has 3 rings (SSSR count). The predicted octanol–water partition coefficient (Wildman–Crippen LogP) is 3.84. The first-order chi connectivity index (χ1) is 15.0. The monoisotopic (exact) mass is 438 g/mol. The number of ether oxygens (including phenoxy) is 2. The molecule has 2 amide bonds. The third-order valence-electron chi connectivity index (χ3n) is 5.28. The van der Waals surface area contributed by atoms with Crippen molar-refractivity contribution in [1.82, 2.24) is 9.80 Å². The minimum absolute atomic E-state index is 0.00139. The van der Waals surface area contributed by atoms with Gasteiger partial charge in [0, 0.05) is 39.3 Å². The Morgan fingerprint density at radius 1 is 0.844 bits per heavy atom. The minimum Gasteiger partial charge on any atom is -0.421 e. The molecule has 0 aromatic heterocycles. The molecule has 0 heterocycles. The van der Waals surface area contributed by atoms with Gasteiger partial charge < -0.3 is 19.3 Å². The quantitative estimate of drug-likeness (QED) is 0.674. The molecular weight excluding hydrogens is 412 g/mol. The third kappa shape index (κ3) is 3.72. The molecule has 0 fully saturated rings. The Morgan fingerprint density at radius 2 is 1.38 bits per heavy atom. The average Bonchev–Trinajstić information content (AvgIpc) is 2.96. The van der Waals surface area contributed by atoms with Crippen LogP contribution < -0.4 is 4.74 Å². The first kappa shape index (κ1) is 23.0. The molecule has 0 saturated carbocycles. The highest BCUT2D eigenvalue weighted by Gasteiger charge is 2.59. The van der Waals surface area contributed by atoms with Crippen LogP contribution >= 0.6 is 0 Å². The highest BCUT2D eigenvalue weighted by atomic mass is 16.6. The van der Waals surface area contributed by atoms with Crippen molar-refractivity contribution in [3.05, 3.63) is 64.7 Å². The highest BCUT2D eigenvalue weighted by Crippen LogP contribution is 2.45. The van der Waals surface area contributed by atoms with Crippen LogP contribution in [0.15, 0.2) is 42.5 Å². The first-order valence-corrected chi connectivity index (χ1v) is 10.1. The topological polar surface area (TPSA) is 93.2 Å². The molecule has 32 heavy (non-hydrogen) atoms. The summed E-state index contributed by atoms with van der Waals surface area (Å²) in [6, 6.07) is 11.1. The van der Waals surface area contributed by atoms with Crippen LogP contribution in [0.2, 0.25) is 0 Å². The van der Waals surface area contributed by atoms with E-state index in [9.17, 15) is 19.2 Å². The summed E-state index contributed by atoms with van der Waals surface area (Å²) in [5, 5.41) is 0. The first-order valence-electron chi connectivity index (χ1n) is 10.1. The van der Waals surface area contributed by atoms with Gasteiger partial charge in [0.25, 0.3) is 5.60 Å². The van der Waals surface area contributed by atoms with Gasteiger partial charge in [-0.1, -0.05) is 44.2 Å². The fourth-order valence-corrected chi connectivity index (χ4v) is 3.43. The Labute approximate surface area is 186 Å². The normalized spacial score (nSPS) is 14.2. The highest BCUT2D eigenvalue weighted by molar-refractivity contribution is 6.32. The number of hydrogen-bond donors (Lipinski definition) is 0. The maximum absolute atomic E-state index is 13.6. The smallest absolute Gasteiger partial charge is 0.414 e. The maximum atomic E-state index is 13.6. The Balaban J connectivity index is 2.29. The van der Waals surface area contributed by atoms with Crippen LogP contribution in [0.25, 0.3) is 0 Å². The summed E-state index contributed by atoms with van der Waals surface area (Å²) in [6.07, 6.45) is -1.58. The number of benzene rings is 2. The van der Waals surface area contributed by atoms with E-state index < -0.39 is 29.4 Å². The Hall–Kier alpha value is -3.68. The molecule has 1 aliphatic carbocycles. The van der Waals surface area contributed by atoms with Gasteiger partial charge in [-0.25, -0.2) is 9.59 Å². The van der Waals surface area contributed by atoms with Crippen molar-refractivity contribution in [3.8, 4) is 5.75 Å². The summed E-state index contributed by atoms with van der Waals surface area (Å²) >= 11 is 0. The largest absolute Gasteiger partial charge is 0.421 e. The number of carbonyl (C=O) groups excluding carboxylic acids is 4. The summed E-state index contributed by atoms with van der Waals surface area (Å²) in [6.45, 7) is 3.91. The van der Waals surface area contributed by atoms with Crippen LogP contribution in [-0.2, 0) is 10.3 Å². The van der Waals surface area contributed by atoms with E-state index in [-0.39, 0.29) is 28.4 Å². The van der Waals surface area contributed by atoms with Crippen molar-refractivity contribution in [2.24, 2.45) is 0 Å². The van der Waals surface area contributed by atoms with E-state index in [2.05, 4.69) is 0 Å². The Bertz CT molecular complexity index is 1070. The lowest BCUT2D eigenvalue weighted by molar-refractivity contribution is 0.00977. The van der Waals surface area contributed by atoms with E-state index in [1.807, 2.05) is 13.8 Å². The van der Waals surface area contributed by atoms with Gasteiger partial charge in [0.1, 0.15) is 5.75 Å². The molecule has 0 saturated heterocycles. The van der Waals surface area contributed by atoms with Crippen LogP contribution in [0.5, 0.6) is 5.75 Å². The average molecular weight is 438 g/mol. The van der Waals surface area contributed by atoms with Crippen molar-refractivity contribution >= 4 is 23.8 Å². The molecule has 0 atom stereocenters. The second kappa shape index (κ2) is 8.45. The molecule has 0 spiro atoms. The van der Waals surface area contributed by atoms with Gasteiger partial charge in [0.2, 0.25) is 11.6 Å². The molecule has 8 nitrogen and oxygen atoms in total. The number of Topliss-reactive ketones (excluding diaryl/α,β-unsaturated/α-hetero) is 2. The van der Waals surface area contributed by atoms with Crippen molar-refractivity contribution < 1.29 is 28.7 Å². The molecular formula is C24H26N2O6. The maximum Gasteiger partial charge on any atom is 0.414 e. The number of amides is 2. The lowest BCUT2D eigenvalue weighted by Crippen LogP contribution is -2.45. The Kier molecular flexibility index (Phi) is 6.07. The fourth-order valence-electron chi connectivity index (χ4n) is 3.43. The second-order valence-electron chi connectivity index (χ2n) is 8.32. The number of ketones is 2. The van der Waals surface area contributed by atoms with E-state index in [4.69, 9.17) is 9.47 Å². The minimum atomic E-state index is -2.30. The van der Waals surface area contributed by atoms with E-state index in [0.717, 1.165) is 10.5 Å². The van der Waals surface area contributed by atoms with Crippen molar-refractivity contribution in [1.29, 1.82) is 0 Å². The predicted molar refractivity (Wildman–Crippen MR) is 117 cm³/mol. The molecule has 168 valence electrons. The van der Waals surface area contributed by atoms with E-state index in [1.54, 1.807) is 24.3 Å². The molecule has 0 unspecified atom stereocenters. The van der Waals surface area contributed by atoms with Crippen molar-refractivity contribution in [2.75, 3.05) is 28.2 Å². The lowest BCUT2D eigenvalue weighted by Gasteiger charge is -2.30. The van der Waals surface area contributed by atoms with Gasteiger partial charge >= 0.3 is 12.2 Å². The van der Waals surface area contributed by atoms with E-state index >= 15 is 0 Å². The van der Waals surface area contributed by atoms with Crippen molar-refractivity contribution in [2.45, 2.75) is 25.4 Å². The molecule has 1 aliphatic rings. The van der Waals surface area contributed by atoms with Crippen molar-refractivity contribution in [3.63, 3.8) is 0 Å². The summed E-state index contributed by atoms with van der Waals surface area (Å²) in [5.74, 6) is -1.32. The number of fused-ring (bicyclic) bond motifs is 1. The van der Waals surface area contributed by atoms with Crippen LogP contribution in [-0.4, -0.2) is 61.7 Å². The van der Waals surface area contributed by atoms with Gasteiger partial charge in [0.05, 0.1) is 5.56 Å². The molecule has 2 aromatic carbocycles. The molecule has 8 heteroatoms. The SMILES string of the molecule is CC(C)c1ccc(C2(OC(=O)N(C)C)C(=O)c3ccccc3C2=O)c(OC(=O)N(C)C)c1. The zero-order valence-corrected chi connectivity index (χ0v) is 19.0. The van der Waals surface area contributed by atoms with Gasteiger partial charge in [-0.3, -0.25) is 9.59 Å². The fraction of sp³-hybridized carbons (Fsp3) is 0.333. The van der Waals surface area contributed by atoms with Crippen LogP contribution in [0.1, 0.15) is 51.6 Å². The number of nitrogens with zero attached hydrogens (tertiary/aromatic N) is 2. The third-order valence-corrected chi connectivity index (χ3v) is 5.28. The van der Waals surface area contributed by atoms with E-state index in [1.165, 1.54) is 51.3 Å². The van der Waals surface area contributed by atoms with Gasteiger partial charge in [-0.05, 0) is 23.6 Å². The second-order valence-corrected chi connectivity index (χ2v) is 8.32. The number of hydrogen-bond acceptors (Lipinski definition) is 6. The molecule has 0 radical (unpaired) electrons. The summed E-state index contributed by atoms with van der Waals surface area (Å²) in [4.78, 5) is 54.6. The van der Waals surface area contributed by atoms with E-state index in [0.29, 0.717) is 0 Å². The zero-order chi connectivity index (χ0) is 23.8. The zero-order valence-electron chi connectivity index (χ0n) is 19.0. The van der Waals surface area contributed by atoms with Gasteiger partial charge in [0.15, 0.2) is 0 Å². The van der Waals surface area contributed by atoms with Gasteiger partial charge in [-0.2, -0.15) is 0 Å². The molecule has 2 aromatic rings. The molecule has 0 bridgehead atoms. The molecule has 0 N–H and O–H groups in total. The lowest BCUT2D eigenvalue weighted by atomic mass is 9.86. The summed E-state index contributed by atoms with van der Waals surface area (Å²) in [7, 11) is 5.92. The summed E-state index contributed by atoms with van der Waals surface area (Å²) < 4.78 is 11.2. The molecule has 0 aliphatic heterocycles. The number of carbonyl (C=O) groups is 4. The Morgan fingerprint density at radius 3 is 1.84 bits per heavy atom. The van der Waals surface area contributed by atoms with Crippen LogP contribution in [0.4, 0.5) is 9.59 Å². The summed E-state index contributed by atoms with van der Waals surface area (Å²) in [5.41, 5.74) is -1.20. The number of rotatable bonds is 4. The standard InChI is InChI=1S/C24H26N2O6/c1-14(2)15-11-12-18(19(13-15)31-22(29)25(3)4)24(32-23(30)26(5)6)20(27)16-9-7-8-10-17(16)21(24)28/h7-14H,1-6H3. The van der Waals surface area contributed by atoms with Crippen LogP contribution in [0, 0.1) is 0 Å². The van der Waals surface area contributed by atoms with Gasteiger partial charge in [-0.15, -0.1) is 0 Å². The van der Waals surface area contributed by atoms with Crippen LogP contribution in [0.3, 0.4) is 0 Å².